The monoisotopic (exact) mass is 277 g/mol. The predicted octanol–water partition coefficient (Wildman–Crippen LogP) is 1.49. The van der Waals surface area contributed by atoms with Crippen LogP contribution in [0.4, 0.5) is 0 Å². The summed E-state index contributed by atoms with van der Waals surface area (Å²) < 4.78 is 28.1. The van der Waals surface area contributed by atoms with Gasteiger partial charge in [-0.2, -0.15) is 0 Å². The Morgan fingerprint density at radius 3 is 3.00 bits per heavy atom. The van der Waals surface area contributed by atoms with Gasteiger partial charge in [0.05, 0.1) is 0 Å². The normalized spacial score (nSPS) is 17.1. The topological polar surface area (TPSA) is 63.5 Å². The lowest BCUT2D eigenvalue weighted by molar-refractivity contribution is 0.576. The lowest BCUT2D eigenvalue weighted by Crippen LogP contribution is -2.26. The maximum atomic E-state index is 12.0. The first-order valence-corrected chi connectivity index (χ1v) is 7.45. The van der Waals surface area contributed by atoms with E-state index < -0.39 is 10.0 Å². The molecule has 1 N–H and O–H groups in total. The average molecular weight is 278 g/mol. The van der Waals surface area contributed by atoms with E-state index in [0.717, 1.165) is 12.8 Å². The van der Waals surface area contributed by atoms with Crippen LogP contribution in [0.3, 0.4) is 0 Å². The molecule has 1 aliphatic rings. The molecule has 0 unspecified atom stereocenters. The minimum absolute atomic E-state index is 0.0278. The van der Waals surface area contributed by atoms with Crippen LogP contribution in [0.1, 0.15) is 12.8 Å². The van der Waals surface area contributed by atoms with E-state index in [0.29, 0.717) is 4.96 Å². The van der Waals surface area contributed by atoms with Crippen molar-refractivity contribution in [2.24, 2.45) is 0 Å². The van der Waals surface area contributed by atoms with Crippen molar-refractivity contribution in [3.05, 3.63) is 16.7 Å². The summed E-state index contributed by atoms with van der Waals surface area (Å²) in [5, 5.41) is 1.84. The molecule has 8 heteroatoms. The molecule has 0 spiro atoms. The van der Waals surface area contributed by atoms with E-state index in [-0.39, 0.29) is 16.2 Å². The highest BCUT2D eigenvalue weighted by atomic mass is 35.5. The van der Waals surface area contributed by atoms with E-state index in [2.05, 4.69) is 9.71 Å². The van der Waals surface area contributed by atoms with Crippen molar-refractivity contribution in [2.45, 2.75) is 23.9 Å². The lowest BCUT2D eigenvalue weighted by atomic mass is 10.8. The zero-order chi connectivity index (χ0) is 11.3. The fourth-order valence-corrected chi connectivity index (χ4v) is 4.21. The van der Waals surface area contributed by atoms with Gasteiger partial charge in [0.15, 0.2) is 15.1 Å². The molecule has 5 nitrogen and oxygen atoms in total. The van der Waals surface area contributed by atoms with Crippen LogP contribution >= 0.6 is 22.9 Å². The van der Waals surface area contributed by atoms with Gasteiger partial charge in [-0.15, -0.1) is 11.3 Å². The number of rotatable bonds is 3. The first kappa shape index (κ1) is 10.5. The van der Waals surface area contributed by atoms with Crippen LogP contribution in [0, 0.1) is 0 Å². The Morgan fingerprint density at radius 1 is 1.56 bits per heavy atom. The quantitative estimate of drug-likeness (QED) is 0.924. The number of nitrogens with one attached hydrogen (secondary N) is 1. The summed E-state index contributed by atoms with van der Waals surface area (Å²) in [5.41, 5.74) is 0. The summed E-state index contributed by atoms with van der Waals surface area (Å²) in [6.07, 6.45) is 3.44. The van der Waals surface area contributed by atoms with Gasteiger partial charge in [-0.25, -0.2) is 18.1 Å². The number of thiazole rings is 1. The number of aromatic nitrogens is 2. The first-order valence-electron chi connectivity index (χ1n) is 4.71. The molecule has 1 fully saturated rings. The van der Waals surface area contributed by atoms with Gasteiger partial charge >= 0.3 is 0 Å². The van der Waals surface area contributed by atoms with Crippen LogP contribution in [-0.4, -0.2) is 23.8 Å². The summed E-state index contributed by atoms with van der Waals surface area (Å²) in [7, 11) is -3.56. The summed E-state index contributed by atoms with van der Waals surface area (Å²) in [4.78, 5) is 4.58. The first-order chi connectivity index (χ1) is 7.58. The summed E-state index contributed by atoms with van der Waals surface area (Å²) in [6.45, 7) is 0. The van der Waals surface area contributed by atoms with Gasteiger partial charge in [-0.3, -0.25) is 4.40 Å². The van der Waals surface area contributed by atoms with Gasteiger partial charge in [0.25, 0.3) is 10.0 Å². The second kappa shape index (κ2) is 3.43. The molecule has 2 aromatic rings. The van der Waals surface area contributed by atoms with E-state index in [1.54, 1.807) is 11.6 Å². The van der Waals surface area contributed by atoms with Gasteiger partial charge in [0.2, 0.25) is 0 Å². The number of sulfonamides is 1. The van der Waals surface area contributed by atoms with Crippen molar-refractivity contribution in [2.75, 3.05) is 0 Å². The minimum Gasteiger partial charge on any atom is -0.279 e. The third-order valence-electron chi connectivity index (χ3n) is 2.33. The van der Waals surface area contributed by atoms with Crippen molar-refractivity contribution in [1.82, 2.24) is 14.1 Å². The van der Waals surface area contributed by atoms with E-state index in [4.69, 9.17) is 11.6 Å². The van der Waals surface area contributed by atoms with Gasteiger partial charge in [-0.05, 0) is 12.8 Å². The van der Waals surface area contributed by atoms with Crippen LogP contribution in [0.5, 0.6) is 0 Å². The molecular weight excluding hydrogens is 270 g/mol. The molecule has 16 heavy (non-hydrogen) atoms. The molecule has 86 valence electrons. The van der Waals surface area contributed by atoms with Crippen LogP contribution in [0.25, 0.3) is 4.96 Å². The molecular formula is C8H8ClN3O2S2. The molecule has 0 bridgehead atoms. The Labute approximate surface area is 101 Å². The number of nitrogens with zero attached hydrogens (tertiary/aromatic N) is 2. The fourth-order valence-electron chi connectivity index (χ4n) is 1.46. The van der Waals surface area contributed by atoms with E-state index in [1.807, 2.05) is 0 Å². The number of hydrogen-bond acceptors (Lipinski definition) is 4. The Kier molecular flexibility index (Phi) is 2.25. The summed E-state index contributed by atoms with van der Waals surface area (Å²) in [6, 6.07) is 0.0604. The Bertz CT molecular complexity index is 641. The average Bonchev–Trinajstić information content (AvgIpc) is 2.73. The molecule has 0 radical (unpaired) electrons. The van der Waals surface area contributed by atoms with Crippen LogP contribution in [-0.2, 0) is 10.0 Å². The molecule has 2 aromatic heterocycles. The second-order valence-corrected chi connectivity index (χ2v) is 6.52. The molecule has 0 saturated heterocycles. The van der Waals surface area contributed by atoms with Crippen molar-refractivity contribution >= 4 is 37.9 Å². The molecule has 1 aliphatic carbocycles. The highest BCUT2D eigenvalue weighted by Gasteiger charge is 2.32. The smallest absolute Gasteiger partial charge is 0.260 e. The van der Waals surface area contributed by atoms with Gasteiger partial charge in [0, 0.05) is 17.6 Å². The van der Waals surface area contributed by atoms with Gasteiger partial charge < -0.3 is 0 Å². The van der Waals surface area contributed by atoms with Crippen LogP contribution < -0.4 is 4.72 Å². The largest absolute Gasteiger partial charge is 0.279 e. The standard InChI is InChI=1S/C8H8ClN3O2S2/c9-6-7(12-3-4-15-8(12)10-6)16(13,14)11-5-1-2-5/h3-5,11H,1-2H2. The van der Waals surface area contributed by atoms with Gasteiger partial charge in [0.1, 0.15) is 0 Å². The maximum Gasteiger partial charge on any atom is 0.260 e. The zero-order valence-electron chi connectivity index (χ0n) is 8.05. The predicted molar refractivity (Wildman–Crippen MR) is 61.4 cm³/mol. The zero-order valence-corrected chi connectivity index (χ0v) is 10.4. The fraction of sp³-hybridized carbons (Fsp3) is 0.375. The van der Waals surface area contributed by atoms with Crippen molar-refractivity contribution in [3.8, 4) is 0 Å². The van der Waals surface area contributed by atoms with Crippen molar-refractivity contribution in [3.63, 3.8) is 0 Å². The molecule has 3 rings (SSSR count). The van der Waals surface area contributed by atoms with Crippen LogP contribution in [0.2, 0.25) is 5.15 Å². The second-order valence-electron chi connectivity index (χ2n) is 3.66. The Hall–Kier alpha value is -0.630. The molecule has 1 saturated carbocycles. The maximum absolute atomic E-state index is 12.0. The molecule has 0 aliphatic heterocycles. The van der Waals surface area contributed by atoms with E-state index in [9.17, 15) is 8.42 Å². The van der Waals surface area contributed by atoms with E-state index >= 15 is 0 Å². The summed E-state index contributed by atoms with van der Waals surface area (Å²) >= 11 is 7.20. The summed E-state index contributed by atoms with van der Waals surface area (Å²) in [5.74, 6) is 0. The highest BCUT2D eigenvalue weighted by molar-refractivity contribution is 7.89. The number of imidazole rings is 1. The third-order valence-corrected chi connectivity index (χ3v) is 5.01. The van der Waals surface area contributed by atoms with Crippen molar-refractivity contribution < 1.29 is 8.42 Å². The Morgan fingerprint density at radius 2 is 2.31 bits per heavy atom. The van der Waals surface area contributed by atoms with E-state index in [1.165, 1.54) is 15.7 Å². The third kappa shape index (κ3) is 1.64. The highest BCUT2D eigenvalue weighted by Crippen LogP contribution is 2.28. The van der Waals surface area contributed by atoms with Crippen molar-refractivity contribution in [1.29, 1.82) is 0 Å². The molecule has 0 atom stereocenters. The molecule has 2 heterocycles. The van der Waals surface area contributed by atoms with Crippen LogP contribution in [0.15, 0.2) is 16.6 Å². The SMILES string of the molecule is O=S(=O)(NC1CC1)c1c(Cl)nc2sccn12. The Balaban J connectivity index is 2.15. The lowest BCUT2D eigenvalue weighted by Gasteiger charge is -2.03. The number of hydrogen-bond donors (Lipinski definition) is 1. The number of halogens is 1. The molecule has 0 amide bonds. The number of fused-ring (bicyclic) bond motifs is 1. The minimum atomic E-state index is -3.56. The molecule has 0 aromatic carbocycles. The van der Waals surface area contributed by atoms with Gasteiger partial charge in [-0.1, -0.05) is 11.6 Å².